The van der Waals surface area contributed by atoms with Crippen LogP contribution < -0.4 is 19.8 Å². The van der Waals surface area contributed by atoms with Gasteiger partial charge in [-0.15, -0.1) is 0 Å². The van der Waals surface area contributed by atoms with Gasteiger partial charge < -0.3 is 19.8 Å². The third-order valence-corrected chi connectivity index (χ3v) is 9.82. The number of fused-ring (bicyclic) bond motifs is 2. The molecule has 2 unspecified atom stereocenters. The number of imide groups is 1. The summed E-state index contributed by atoms with van der Waals surface area (Å²) in [7, 11) is 0. The van der Waals surface area contributed by atoms with Crippen LogP contribution in [-0.4, -0.2) is 47.1 Å². The van der Waals surface area contributed by atoms with Crippen LogP contribution in [0.25, 0.3) is 0 Å². The third kappa shape index (κ3) is 5.63. The largest absolute Gasteiger partial charge is 0.483 e. The number of nitrogens with zero attached hydrogens (tertiary/aromatic N) is 1. The Labute approximate surface area is 264 Å². The van der Waals surface area contributed by atoms with Gasteiger partial charge in [-0.3, -0.25) is 19.2 Å². The molecule has 0 aliphatic carbocycles. The number of hydrogen-bond acceptors (Lipinski definition) is 9. The summed E-state index contributed by atoms with van der Waals surface area (Å²) in [5.74, 6) is -3.01. The molecule has 224 valence electrons. The maximum absolute atomic E-state index is 14.0. The summed E-state index contributed by atoms with van der Waals surface area (Å²) in [6, 6.07) is 19.8. The zero-order valence-electron chi connectivity index (χ0n) is 23.1. The van der Waals surface area contributed by atoms with Gasteiger partial charge >= 0.3 is 10.8 Å². The predicted molar refractivity (Wildman–Crippen MR) is 167 cm³/mol. The summed E-state index contributed by atoms with van der Waals surface area (Å²) >= 11 is 8.56. The number of thiazole rings is 1. The molecule has 0 spiro atoms. The Hall–Kier alpha value is -4.39. The summed E-state index contributed by atoms with van der Waals surface area (Å²) in [4.78, 5) is 69.1. The van der Waals surface area contributed by atoms with E-state index in [2.05, 4.69) is 10.3 Å². The third-order valence-electron chi connectivity index (χ3n) is 7.18. The van der Waals surface area contributed by atoms with Crippen molar-refractivity contribution in [3.63, 3.8) is 0 Å². The molecule has 4 aromatic rings. The van der Waals surface area contributed by atoms with Crippen LogP contribution in [0.2, 0.25) is 5.02 Å². The number of H-pyrrole nitrogens is 1. The summed E-state index contributed by atoms with van der Waals surface area (Å²) in [5, 5.41) is 2.79. The first-order valence-electron chi connectivity index (χ1n) is 13.6. The molecule has 6 rings (SSSR count). The summed E-state index contributed by atoms with van der Waals surface area (Å²) in [5.41, 5.74) is 1.75. The molecule has 2 aliphatic heterocycles. The van der Waals surface area contributed by atoms with E-state index in [9.17, 15) is 24.0 Å². The van der Waals surface area contributed by atoms with Crippen molar-refractivity contribution in [1.29, 1.82) is 0 Å². The minimum atomic E-state index is -0.848. The van der Waals surface area contributed by atoms with E-state index in [-0.39, 0.29) is 29.7 Å². The van der Waals surface area contributed by atoms with Crippen molar-refractivity contribution >= 4 is 69.8 Å². The molecule has 10 nitrogen and oxygen atoms in total. The van der Waals surface area contributed by atoms with Crippen molar-refractivity contribution in [3.05, 3.63) is 103 Å². The Balaban J connectivity index is 1.28. The molecule has 13 heteroatoms. The standard InChI is InChI=1S/C31H24ClN3O7S2/c1-2-41-30(39)16-8-11-18(12-9-16)33-22(36)15-42-21-13-10-17(32)14-20(21)23-24-26(43-27-25(23)44-31(40)34-27)29(38)35(28(24)37)19-6-4-3-5-7-19/h3-14,23-24,26H,2,15H2,1H3,(H,33,36)(H,34,40)/t23-,24?,26?/m1/s1. The molecule has 0 saturated carbocycles. The van der Waals surface area contributed by atoms with E-state index in [1.807, 2.05) is 0 Å². The minimum absolute atomic E-state index is 0.252. The molecule has 0 bridgehead atoms. The first kappa shape index (κ1) is 29.7. The number of aromatic nitrogens is 1. The Morgan fingerprint density at radius 1 is 1.00 bits per heavy atom. The molecular formula is C31H24ClN3O7S2. The highest BCUT2D eigenvalue weighted by Crippen LogP contribution is 2.54. The van der Waals surface area contributed by atoms with Crippen molar-refractivity contribution in [3.8, 4) is 5.75 Å². The fourth-order valence-electron chi connectivity index (χ4n) is 5.32. The second-order valence-corrected chi connectivity index (χ2v) is 12.5. The Kier molecular flexibility index (Phi) is 8.30. The molecule has 1 aromatic heterocycles. The molecule has 44 heavy (non-hydrogen) atoms. The van der Waals surface area contributed by atoms with Crippen LogP contribution in [0.3, 0.4) is 0 Å². The number of hydrogen-bond donors (Lipinski definition) is 2. The molecule has 3 aromatic carbocycles. The van der Waals surface area contributed by atoms with E-state index in [0.29, 0.717) is 37.4 Å². The van der Waals surface area contributed by atoms with Gasteiger partial charge in [0.15, 0.2) is 6.61 Å². The second-order valence-electron chi connectivity index (χ2n) is 9.91. The van der Waals surface area contributed by atoms with Crippen LogP contribution in [0.4, 0.5) is 11.4 Å². The molecule has 2 N–H and O–H groups in total. The Morgan fingerprint density at radius 2 is 1.75 bits per heavy atom. The summed E-state index contributed by atoms with van der Waals surface area (Å²) in [6.07, 6.45) is 0. The average molecular weight is 650 g/mol. The van der Waals surface area contributed by atoms with Gasteiger partial charge in [0.2, 0.25) is 11.8 Å². The van der Waals surface area contributed by atoms with Crippen molar-refractivity contribution < 1.29 is 28.7 Å². The highest BCUT2D eigenvalue weighted by atomic mass is 35.5. The number of thioether (sulfide) groups is 1. The van der Waals surface area contributed by atoms with Gasteiger partial charge in [0, 0.05) is 27.1 Å². The van der Waals surface area contributed by atoms with Crippen molar-refractivity contribution in [1.82, 2.24) is 4.98 Å². The summed E-state index contributed by atoms with van der Waals surface area (Å²) in [6.45, 7) is 1.58. The molecule has 2 aliphatic rings. The maximum Gasteiger partial charge on any atom is 0.338 e. The topological polar surface area (TPSA) is 135 Å². The second kappa shape index (κ2) is 12.3. The van der Waals surface area contributed by atoms with Crippen LogP contribution in [-0.2, 0) is 19.1 Å². The fraction of sp³-hybridized carbons (Fsp3) is 0.194. The van der Waals surface area contributed by atoms with E-state index in [1.165, 1.54) is 16.7 Å². The highest BCUT2D eigenvalue weighted by molar-refractivity contribution is 8.00. The van der Waals surface area contributed by atoms with Crippen LogP contribution in [0.5, 0.6) is 5.75 Å². The lowest BCUT2D eigenvalue weighted by Crippen LogP contribution is -2.32. The number of amides is 3. The van der Waals surface area contributed by atoms with Crippen molar-refractivity contribution in [2.24, 2.45) is 5.92 Å². The molecule has 1 fully saturated rings. The highest BCUT2D eigenvalue weighted by Gasteiger charge is 2.56. The molecule has 0 radical (unpaired) electrons. The number of anilines is 2. The number of ether oxygens (including phenoxy) is 2. The van der Waals surface area contributed by atoms with Crippen molar-refractivity contribution in [2.45, 2.75) is 23.1 Å². The lowest BCUT2D eigenvalue weighted by atomic mass is 9.82. The number of halogens is 1. The van der Waals surface area contributed by atoms with Crippen molar-refractivity contribution in [2.75, 3.05) is 23.4 Å². The number of rotatable bonds is 8. The van der Waals surface area contributed by atoms with E-state index >= 15 is 0 Å². The number of carbonyl (C=O) groups is 4. The molecule has 3 heterocycles. The summed E-state index contributed by atoms with van der Waals surface area (Å²) < 4.78 is 11.0. The molecule has 3 atom stereocenters. The van der Waals surface area contributed by atoms with E-state index in [0.717, 1.165) is 11.3 Å². The van der Waals surface area contributed by atoms with Crippen LogP contribution in [0, 0.1) is 5.92 Å². The minimum Gasteiger partial charge on any atom is -0.483 e. The first-order chi connectivity index (χ1) is 21.2. The van der Waals surface area contributed by atoms with Crippen LogP contribution >= 0.6 is 34.7 Å². The quantitative estimate of drug-likeness (QED) is 0.199. The van der Waals surface area contributed by atoms with Gasteiger partial charge in [0.05, 0.1) is 28.8 Å². The van der Waals surface area contributed by atoms with Gasteiger partial charge in [-0.25, -0.2) is 9.69 Å². The van der Waals surface area contributed by atoms with Gasteiger partial charge in [0.25, 0.3) is 5.91 Å². The maximum atomic E-state index is 14.0. The SMILES string of the molecule is CCOC(=O)c1ccc(NC(=O)COc2ccc(Cl)cc2[C@H]2c3sc(=O)[nH]c3SC3C(=O)N(c4ccccc4)C(=O)C32)cc1. The number of aromatic amines is 1. The van der Waals surface area contributed by atoms with Gasteiger partial charge in [0.1, 0.15) is 11.0 Å². The molecule has 1 saturated heterocycles. The monoisotopic (exact) mass is 649 g/mol. The number of carbonyl (C=O) groups excluding carboxylic acids is 4. The number of para-hydroxylation sites is 1. The molecule has 3 amide bonds. The smallest absolute Gasteiger partial charge is 0.338 e. The van der Waals surface area contributed by atoms with Gasteiger partial charge in [-0.1, -0.05) is 52.9 Å². The zero-order valence-corrected chi connectivity index (χ0v) is 25.5. The normalized spacial score (nSPS) is 18.9. The Morgan fingerprint density at radius 3 is 2.48 bits per heavy atom. The predicted octanol–water partition coefficient (Wildman–Crippen LogP) is 5.08. The van der Waals surface area contributed by atoms with E-state index in [4.69, 9.17) is 21.1 Å². The van der Waals surface area contributed by atoms with E-state index in [1.54, 1.807) is 79.7 Å². The first-order valence-corrected chi connectivity index (χ1v) is 15.6. The Bertz CT molecular complexity index is 1820. The average Bonchev–Trinajstić information content (AvgIpc) is 3.51. The number of nitrogens with one attached hydrogen (secondary N) is 2. The van der Waals surface area contributed by atoms with Crippen LogP contribution in [0.1, 0.15) is 33.6 Å². The van der Waals surface area contributed by atoms with Gasteiger partial charge in [-0.2, -0.15) is 0 Å². The van der Waals surface area contributed by atoms with E-state index < -0.39 is 34.9 Å². The van der Waals surface area contributed by atoms with Crippen LogP contribution in [0.15, 0.2) is 82.6 Å². The van der Waals surface area contributed by atoms with Gasteiger partial charge in [-0.05, 0) is 61.5 Å². The fourth-order valence-corrected chi connectivity index (χ4v) is 8.01. The lowest BCUT2D eigenvalue weighted by molar-refractivity contribution is -0.122. The number of esters is 1. The number of benzene rings is 3. The zero-order chi connectivity index (χ0) is 31.0. The molecular weight excluding hydrogens is 626 g/mol. The lowest BCUT2D eigenvalue weighted by Gasteiger charge is -2.31.